The highest BCUT2D eigenvalue weighted by Gasteiger charge is 2.17. The second-order valence-corrected chi connectivity index (χ2v) is 6.81. The molecule has 0 atom stereocenters. The SMILES string of the molecule is CCOc1ccc(C(=O)NCC(=O)N(CC)Cc2ccc(OC)c(OC)c2)cc1OCC. The molecule has 0 aliphatic carbocycles. The Morgan fingerprint density at radius 2 is 1.50 bits per heavy atom. The predicted octanol–water partition coefficient (Wildman–Crippen LogP) is 3.28. The summed E-state index contributed by atoms with van der Waals surface area (Å²) in [5.41, 5.74) is 1.30. The zero-order valence-corrected chi connectivity index (χ0v) is 19.4. The molecule has 0 saturated heterocycles. The molecule has 2 aromatic rings. The Labute approximate surface area is 189 Å². The molecule has 0 fully saturated rings. The molecule has 0 heterocycles. The van der Waals surface area contributed by atoms with E-state index in [9.17, 15) is 9.59 Å². The van der Waals surface area contributed by atoms with E-state index in [-0.39, 0.29) is 18.4 Å². The number of amides is 2. The minimum absolute atomic E-state index is 0.114. The number of hydrogen-bond acceptors (Lipinski definition) is 6. The van der Waals surface area contributed by atoms with Crippen molar-refractivity contribution < 1.29 is 28.5 Å². The lowest BCUT2D eigenvalue weighted by Crippen LogP contribution is -2.39. The van der Waals surface area contributed by atoms with Crippen LogP contribution in [0.3, 0.4) is 0 Å². The number of carbonyl (C=O) groups excluding carboxylic acids is 2. The van der Waals surface area contributed by atoms with E-state index in [1.807, 2.05) is 32.9 Å². The van der Waals surface area contributed by atoms with Crippen molar-refractivity contribution in [3.05, 3.63) is 47.5 Å². The Kier molecular flexibility index (Phi) is 9.66. The highest BCUT2D eigenvalue weighted by molar-refractivity contribution is 5.97. The van der Waals surface area contributed by atoms with Crippen LogP contribution in [-0.4, -0.2) is 57.2 Å². The zero-order chi connectivity index (χ0) is 23.5. The Morgan fingerprint density at radius 1 is 0.844 bits per heavy atom. The van der Waals surface area contributed by atoms with Crippen molar-refractivity contribution in [2.24, 2.45) is 0 Å². The van der Waals surface area contributed by atoms with Gasteiger partial charge in [-0.05, 0) is 56.7 Å². The summed E-state index contributed by atoms with van der Waals surface area (Å²) in [4.78, 5) is 27.0. The maximum absolute atomic E-state index is 12.7. The zero-order valence-electron chi connectivity index (χ0n) is 19.4. The summed E-state index contributed by atoms with van der Waals surface area (Å²) < 4.78 is 21.7. The van der Waals surface area contributed by atoms with Gasteiger partial charge in [-0.15, -0.1) is 0 Å². The molecule has 0 spiro atoms. The smallest absolute Gasteiger partial charge is 0.251 e. The summed E-state index contributed by atoms with van der Waals surface area (Å²) in [5.74, 6) is 1.75. The van der Waals surface area contributed by atoms with Gasteiger partial charge in [0.05, 0.1) is 34.0 Å². The van der Waals surface area contributed by atoms with Gasteiger partial charge in [-0.25, -0.2) is 0 Å². The minimum atomic E-state index is -0.357. The molecule has 32 heavy (non-hydrogen) atoms. The van der Waals surface area contributed by atoms with E-state index in [4.69, 9.17) is 18.9 Å². The topological polar surface area (TPSA) is 86.3 Å². The van der Waals surface area contributed by atoms with Crippen LogP contribution < -0.4 is 24.3 Å². The third-order valence-electron chi connectivity index (χ3n) is 4.76. The Balaban J connectivity index is 2.02. The lowest BCUT2D eigenvalue weighted by Gasteiger charge is -2.22. The van der Waals surface area contributed by atoms with Gasteiger partial charge in [-0.1, -0.05) is 6.07 Å². The quantitative estimate of drug-likeness (QED) is 0.541. The molecule has 2 amide bonds. The van der Waals surface area contributed by atoms with Crippen LogP contribution in [0.1, 0.15) is 36.7 Å². The number of rotatable bonds is 12. The molecule has 1 N–H and O–H groups in total. The molecule has 8 nitrogen and oxygen atoms in total. The highest BCUT2D eigenvalue weighted by atomic mass is 16.5. The summed E-state index contributed by atoms with van der Waals surface area (Å²) in [6.07, 6.45) is 0. The number of likely N-dealkylation sites (N-methyl/N-ethyl adjacent to an activating group) is 1. The number of hydrogen-bond donors (Lipinski definition) is 1. The van der Waals surface area contributed by atoms with Crippen LogP contribution >= 0.6 is 0 Å². The molecule has 8 heteroatoms. The molecule has 0 aromatic heterocycles. The van der Waals surface area contributed by atoms with Crippen LogP contribution in [0.5, 0.6) is 23.0 Å². The van der Waals surface area contributed by atoms with E-state index in [2.05, 4.69) is 5.32 Å². The van der Waals surface area contributed by atoms with Crippen LogP contribution in [0.15, 0.2) is 36.4 Å². The van der Waals surface area contributed by atoms with Crippen LogP contribution in [0.25, 0.3) is 0 Å². The van der Waals surface area contributed by atoms with Gasteiger partial charge in [0.1, 0.15) is 0 Å². The van der Waals surface area contributed by atoms with Crippen molar-refractivity contribution in [2.45, 2.75) is 27.3 Å². The van der Waals surface area contributed by atoms with E-state index >= 15 is 0 Å². The van der Waals surface area contributed by atoms with Gasteiger partial charge < -0.3 is 29.2 Å². The molecule has 0 unspecified atom stereocenters. The van der Waals surface area contributed by atoms with Crippen molar-refractivity contribution in [3.63, 3.8) is 0 Å². The second-order valence-electron chi connectivity index (χ2n) is 6.81. The average Bonchev–Trinajstić information content (AvgIpc) is 2.81. The normalized spacial score (nSPS) is 10.3. The van der Waals surface area contributed by atoms with Crippen molar-refractivity contribution >= 4 is 11.8 Å². The molecule has 0 radical (unpaired) electrons. The van der Waals surface area contributed by atoms with Gasteiger partial charge in [0.15, 0.2) is 23.0 Å². The third-order valence-corrected chi connectivity index (χ3v) is 4.76. The first-order valence-corrected chi connectivity index (χ1v) is 10.6. The van der Waals surface area contributed by atoms with Crippen molar-refractivity contribution in [1.82, 2.24) is 10.2 Å². The van der Waals surface area contributed by atoms with E-state index < -0.39 is 0 Å². The lowest BCUT2D eigenvalue weighted by atomic mass is 10.1. The van der Waals surface area contributed by atoms with E-state index in [0.717, 1.165) is 5.56 Å². The summed E-state index contributed by atoms with van der Waals surface area (Å²) in [5, 5.41) is 2.69. The van der Waals surface area contributed by atoms with Crippen LogP contribution in [-0.2, 0) is 11.3 Å². The molecular weight excluding hydrogens is 412 g/mol. The molecule has 2 aromatic carbocycles. The maximum atomic E-state index is 12.7. The van der Waals surface area contributed by atoms with Gasteiger partial charge in [0, 0.05) is 18.7 Å². The summed E-state index contributed by atoms with van der Waals surface area (Å²) in [6, 6.07) is 10.5. The number of nitrogens with zero attached hydrogens (tertiary/aromatic N) is 1. The van der Waals surface area contributed by atoms with Gasteiger partial charge >= 0.3 is 0 Å². The summed E-state index contributed by atoms with van der Waals surface area (Å²) in [6.45, 7) is 7.35. The largest absolute Gasteiger partial charge is 0.493 e. The van der Waals surface area contributed by atoms with Gasteiger partial charge in [0.2, 0.25) is 5.91 Å². The standard InChI is InChI=1S/C24H32N2O6/c1-6-26(16-17-9-11-19(29-4)21(13-17)30-5)23(27)15-25-24(28)18-10-12-20(31-7-2)22(14-18)32-8-3/h9-14H,6-8,15-16H2,1-5H3,(H,25,28). The molecule has 174 valence electrons. The van der Waals surface area contributed by atoms with Gasteiger partial charge in [0.25, 0.3) is 5.91 Å². The average molecular weight is 445 g/mol. The highest BCUT2D eigenvalue weighted by Crippen LogP contribution is 2.29. The summed E-state index contributed by atoms with van der Waals surface area (Å²) >= 11 is 0. The van der Waals surface area contributed by atoms with Crippen LogP contribution in [0, 0.1) is 0 Å². The minimum Gasteiger partial charge on any atom is -0.493 e. The molecular formula is C24H32N2O6. The molecule has 0 saturated carbocycles. The number of benzene rings is 2. The third kappa shape index (κ3) is 6.54. The van der Waals surface area contributed by atoms with Gasteiger partial charge in [-0.2, -0.15) is 0 Å². The molecule has 0 aliphatic heterocycles. The van der Waals surface area contributed by atoms with Crippen LogP contribution in [0.4, 0.5) is 0 Å². The van der Waals surface area contributed by atoms with Crippen molar-refractivity contribution in [1.29, 1.82) is 0 Å². The van der Waals surface area contributed by atoms with E-state index in [1.54, 1.807) is 43.4 Å². The maximum Gasteiger partial charge on any atom is 0.251 e. The first-order valence-electron chi connectivity index (χ1n) is 10.6. The molecule has 2 rings (SSSR count). The first kappa shape index (κ1) is 24.8. The van der Waals surface area contributed by atoms with Crippen molar-refractivity contribution in [3.8, 4) is 23.0 Å². The lowest BCUT2D eigenvalue weighted by molar-refractivity contribution is -0.130. The van der Waals surface area contributed by atoms with Crippen molar-refractivity contribution in [2.75, 3.05) is 40.5 Å². The Morgan fingerprint density at radius 3 is 2.12 bits per heavy atom. The fourth-order valence-corrected chi connectivity index (χ4v) is 3.14. The number of ether oxygens (including phenoxy) is 4. The van der Waals surface area contributed by atoms with E-state index in [1.165, 1.54) is 0 Å². The molecule has 0 aliphatic rings. The van der Waals surface area contributed by atoms with Gasteiger partial charge in [-0.3, -0.25) is 9.59 Å². The Bertz CT molecular complexity index is 915. The number of methoxy groups -OCH3 is 2. The fourth-order valence-electron chi connectivity index (χ4n) is 3.14. The second kappa shape index (κ2) is 12.4. The summed E-state index contributed by atoms with van der Waals surface area (Å²) in [7, 11) is 3.14. The monoisotopic (exact) mass is 444 g/mol. The Hall–Kier alpha value is -3.42. The fraction of sp³-hybridized carbons (Fsp3) is 0.417. The predicted molar refractivity (Wildman–Crippen MR) is 122 cm³/mol. The number of nitrogens with one attached hydrogen (secondary N) is 1. The van der Waals surface area contributed by atoms with E-state index in [0.29, 0.717) is 54.9 Å². The first-order chi connectivity index (χ1) is 15.5. The van der Waals surface area contributed by atoms with Crippen LogP contribution in [0.2, 0.25) is 0 Å². The number of carbonyl (C=O) groups is 2. The molecule has 0 bridgehead atoms.